The summed E-state index contributed by atoms with van der Waals surface area (Å²) >= 11 is 1.43. The molecule has 2 atom stereocenters. The van der Waals surface area contributed by atoms with Gasteiger partial charge in [0.1, 0.15) is 0 Å². The molecule has 2 heterocycles. The van der Waals surface area contributed by atoms with Crippen LogP contribution in [0.5, 0.6) is 0 Å². The van der Waals surface area contributed by atoms with Crippen LogP contribution in [0.15, 0.2) is 16.3 Å². The molecule has 1 saturated carbocycles. The van der Waals surface area contributed by atoms with Crippen LogP contribution >= 0.6 is 11.3 Å². The maximum atomic E-state index is 12.8. The number of sulfonamides is 1. The lowest BCUT2D eigenvalue weighted by Crippen LogP contribution is -2.44. The van der Waals surface area contributed by atoms with Crippen LogP contribution in [0.2, 0.25) is 0 Å². The Bertz CT molecular complexity index is 567. The van der Waals surface area contributed by atoms with Gasteiger partial charge in [0, 0.05) is 24.5 Å². The van der Waals surface area contributed by atoms with Crippen molar-refractivity contribution in [2.75, 3.05) is 13.1 Å². The average Bonchev–Trinajstić information content (AvgIpc) is 2.96. The molecule has 0 aromatic carbocycles. The van der Waals surface area contributed by atoms with Crippen LogP contribution in [0.1, 0.15) is 37.0 Å². The molecular weight excluding hydrogens is 292 g/mol. The van der Waals surface area contributed by atoms with Crippen molar-refractivity contribution in [2.45, 2.75) is 43.5 Å². The quantitative estimate of drug-likeness (QED) is 0.932. The van der Waals surface area contributed by atoms with E-state index in [9.17, 15) is 8.42 Å². The molecule has 1 aliphatic carbocycles. The van der Waals surface area contributed by atoms with Gasteiger partial charge in [-0.2, -0.15) is 4.31 Å². The Morgan fingerprint density at radius 2 is 2.00 bits per heavy atom. The molecule has 0 radical (unpaired) electrons. The van der Waals surface area contributed by atoms with E-state index in [0.717, 1.165) is 17.2 Å². The first-order valence-corrected chi connectivity index (χ1v) is 9.71. The average molecular weight is 314 g/mol. The number of nitrogens with zero attached hydrogens (tertiary/aromatic N) is 1. The first-order valence-electron chi connectivity index (χ1n) is 7.39. The van der Waals surface area contributed by atoms with E-state index in [1.807, 2.05) is 5.38 Å². The molecule has 0 amide bonds. The lowest BCUT2D eigenvalue weighted by Gasteiger charge is -2.40. The van der Waals surface area contributed by atoms with Crippen molar-refractivity contribution < 1.29 is 8.42 Å². The van der Waals surface area contributed by atoms with E-state index in [2.05, 4.69) is 0 Å². The van der Waals surface area contributed by atoms with Crippen LogP contribution in [0.3, 0.4) is 0 Å². The second kappa shape index (κ2) is 5.75. The summed E-state index contributed by atoms with van der Waals surface area (Å²) < 4.78 is 27.3. The Kier molecular flexibility index (Phi) is 4.17. The van der Waals surface area contributed by atoms with Gasteiger partial charge in [-0.1, -0.05) is 19.3 Å². The number of hydrogen-bond donors (Lipinski definition) is 1. The molecule has 4 nitrogen and oxygen atoms in total. The third-order valence-corrected chi connectivity index (χ3v) is 7.78. The van der Waals surface area contributed by atoms with Crippen molar-refractivity contribution in [2.24, 2.45) is 17.6 Å². The zero-order valence-corrected chi connectivity index (χ0v) is 13.3. The molecular formula is C14H22N2O2S2. The van der Waals surface area contributed by atoms with Crippen molar-refractivity contribution in [3.8, 4) is 0 Å². The van der Waals surface area contributed by atoms with Gasteiger partial charge in [-0.3, -0.25) is 0 Å². The second-order valence-corrected chi connectivity index (χ2v) is 8.78. The van der Waals surface area contributed by atoms with E-state index in [-0.39, 0.29) is 0 Å². The van der Waals surface area contributed by atoms with Crippen molar-refractivity contribution in [3.63, 3.8) is 0 Å². The standard InChI is InChI=1S/C14H22N2O2S2/c15-9-13-14(6-8-19-13)20(17,18)16-7-5-11-3-1-2-4-12(11)10-16/h6,8,11-12H,1-5,7,9-10,15H2. The molecule has 6 heteroatoms. The van der Waals surface area contributed by atoms with Crippen LogP contribution in [0.25, 0.3) is 0 Å². The van der Waals surface area contributed by atoms with Crippen molar-refractivity contribution >= 4 is 21.4 Å². The molecule has 1 aromatic rings. The fourth-order valence-electron chi connectivity index (χ4n) is 3.63. The molecule has 2 unspecified atom stereocenters. The molecule has 112 valence electrons. The minimum atomic E-state index is -3.35. The summed E-state index contributed by atoms with van der Waals surface area (Å²) in [5, 5.41) is 1.82. The van der Waals surface area contributed by atoms with Gasteiger partial charge in [-0.25, -0.2) is 8.42 Å². The minimum Gasteiger partial charge on any atom is -0.326 e. The monoisotopic (exact) mass is 314 g/mol. The molecule has 20 heavy (non-hydrogen) atoms. The summed E-state index contributed by atoms with van der Waals surface area (Å²) in [5.41, 5.74) is 5.65. The highest BCUT2D eigenvalue weighted by Crippen LogP contribution is 2.38. The number of hydrogen-bond acceptors (Lipinski definition) is 4. The zero-order chi connectivity index (χ0) is 14.2. The first-order chi connectivity index (χ1) is 9.63. The number of fused-ring (bicyclic) bond motifs is 1. The van der Waals surface area contributed by atoms with Gasteiger partial charge < -0.3 is 5.73 Å². The summed E-state index contributed by atoms with van der Waals surface area (Å²) in [6, 6.07) is 1.70. The fraction of sp³-hybridized carbons (Fsp3) is 0.714. The van der Waals surface area contributed by atoms with E-state index in [1.165, 1.54) is 37.0 Å². The predicted octanol–water partition coefficient (Wildman–Crippen LogP) is 2.41. The third-order valence-electron chi connectivity index (χ3n) is 4.76. The fourth-order valence-corrected chi connectivity index (χ4v) is 6.45. The van der Waals surface area contributed by atoms with Crippen molar-refractivity contribution in [3.05, 3.63) is 16.3 Å². The Morgan fingerprint density at radius 1 is 1.25 bits per heavy atom. The smallest absolute Gasteiger partial charge is 0.244 e. The maximum absolute atomic E-state index is 12.8. The van der Waals surface area contributed by atoms with E-state index in [1.54, 1.807) is 10.4 Å². The normalized spacial score (nSPS) is 28.2. The third kappa shape index (κ3) is 2.54. The SMILES string of the molecule is NCc1sccc1S(=O)(=O)N1CCC2CCCCC2C1. The summed E-state index contributed by atoms with van der Waals surface area (Å²) in [6.45, 7) is 1.67. The molecule has 2 N–H and O–H groups in total. The molecule has 0 spiro atoms. The number of nitrogens with two attached hydrogens (primary N) is 1. The number of piperidine rings is 1. The maximum Gasteiger partial charge on any atom is 0.244 e. The van der Waals surface area contributed by atoms with Crippen molar-refractivity contribution in [1.29, 1.82) is 0 Å². The summed E-state index contributed by atoms with van der Waals surface area (Å²) in [6.07, 6.45) is 6.05. The lowest BCUT2D eigenvalue weighted by molar-refractivity contribution is 0.136. The van der Waals surface area contributed by atoms with Gasteiger partial charge in [-0.05, 0) is 36.1 Å². The van der Waals surface area contributed by atoms with Gasteiger partial charge in [0.2, 0.25) is 10.0 Å². The van der Waals surface area contributed by atoms with Crippen molar-refractivity contribution in [1.82, 2.24) is 4.31 Å². The zero-order valence-electron chi connectivity index (χ0n) is 11.6. The molecule has 1 saturated heterocycles. The van der Waals surface area contributed by atoms with Gasteiger partial charge in [0.05, 0.1) is 4.90 Å². The summed E-state index contributed by atoms with van der Waals surface area (Å²) in [4.78, 5) is 1.20. The first kappa shape index (κ1) is 14.5. The summed E-state index contributed by atoms with van der Waals surface area (Å²) in [5.74, 6) is 1.30. The predicted molar refractivity (Wildman–Crippen MR) is 81.0 cm³/mol. The van der Waals surface area contributed by atoms with Crippen LogP contribution in [0.4, 0.5) is 0 Å². The number of thiophene rings is 1. The Hall–Kier alpha value is -0.430. The van der Waals surface area contributed by atoms with Crippen LogP contribution in [-0.4, -0.2) is 25.8 Å². The van der Waals surface area contributed by atoms with Gasteiger partial charge >= 0.3 is 0 Å². The second-order valence-electron chi connectivity index (χ2n) is 5.87. The van der Waals surface area contributed by atoms with Crippen LogP contribution in [-0.2, 0) is 16.6 Å². The van der Waals surface area contributed by atoms with E-state index >= 15 is 0 Å². The van der Waals surface area contributed by atoms with Crippen LogP contribution < -0.4 is 5.73 Å². The Balaban J connectivity index is 1.82. The Labute approximate surface area is 125 Å². The molecule has 2 fully saturated rings. The molecule has 1 aromatic heterocycles. The molecule has 1 aliphatic heterocycles. The largest absolute Gasteiger partial charge is 0.326 e. The Morgan fingerprint density at radius 3 is 2.75 bits per heavy atom. The molecule has 3 rings (SSSR count). The highest BCUT2D eigenvalue weighted by Gasteiger charge is 2.37. The van der Waals surface area contributed by atoms with E-state index < -0.39 is 10.0 Å². The van der Waals surface area contributed by atoms with Gasteiger partial charge in [-0.15, -0.1) is 11.3 Å². The van der Waals surface area contributed by atoms with Gasteiger partial charge in [0.25, 0.3) is 0 Å². The van der Waals surface area contributed by atoms with E-state index in [4.69, 9.17) is 5.73 Å². The highest BCUT2D eigenvalue weighted by molar-refractivity contribution is 7.89. The minimum absolute atomic E-state index is 0.298. The van der Waals surface area contributed by atoms with E-state index in [0.29, 0.717) is 30.4 Å². The topological polar surface area (TPSA) is 63.4 Å². The molecule has 2 aliphatic rings. The highest BCUT2D eigenvalue weighted by atomic mass is 32.2. The number of rotatable bonds is 3. The molecule has 0 bridgehead atoms. The van der Waals surface area contributed by atoms with Crippen LogP contribution in [0, 0.1) is 11.8 Å². The summed E-state index contributed by atoms with van der Waals surface area (Å²) in [7, 11) is -3.35. The van der Waals surface area contributed by atoms with Gasteiger partial charge in [0.15, 0.2) is 0 Å². The lowest BCUT2D eigenvalue weighted by atomic mass is 9.76.